The fraction of sp³-hybridized carbons (Fsp3) is 0.143. The zero-order valence-corrected chi connectivity index (χ0v) is 5.65. The Morgan fingerprint density at radius 3 is 2.42 bits per heavy atom. The van der Waals surface area contributed by atoms with E-state index in [1.54, 1.807) is 6.07 Å². The second-order valence-corrected chi connectivity index (χ2v) is 1.86. The fourth-order valence-corrected chi connectivity index (χ4v) is 0.617. The van der Waals surface area contributed by atoms with Crippen molar-refractivity contribution in [3.63, 3.8) is 0 Å². The van der Waals surface area contributed by atoms with Gasteiger partial charge in [-0.3, -0.25) is 0 Å². The summed E-state index contributed by atoms with van der Waals surface area (Å²) in [6, 6.07) is 3.10. The summed E-state index contributed by atoms with van der Waals surface area (Å²) in [5.41, 5.74) is 0. The van der Waals surface area contributed by atoms with Gasteiger partial charge in [-0.25, -0.2) is 8.78 Å². The Hall–Kier alpha value is -1.26. The first kappa shape index (κ1) is 8.83. The summed E-state index contributed by atoms with van der Waals surface area (Å²) in [6.07, 6.45) is 0. The van der Waals surface area contributed by atoms with Crippen molar-refractivity contribution in [2.75, 3.05) is 0 Å². The summed E-state index contributed by atoms with van der Waals surface area (Å²) in [4.78, 5) is 0. The molecule has 1 radical (unpaired) electrons. The van der Waals surface area contributed by atoms with Crippen LogP contribution in [-0.2, 0) is 0 Å². The Labute approximate surface area is 65.6 Å². The van der Waals surface area contributed by atoms with Crippen LogP contribution in [0.15, 0.2) is 12.1 Å². The summed E-state index contributed by atoms with van der Waals surface area (Å²) in [6.45, 7) is -3.13. The molecule has 1 rings (SSSR count). The van der Waals surface area contributed by atoms with Crippen LogP contribution >= 0.6 is 0 Å². The maximum Gasteiger partial charge on any atom is 0.387 e. The van der Waals surface area contributed by atoms with Crippen LogP contribution in [0.25, 0.3) is 0 Å². The summed E-state index contributed by atoms with van der Waals surface area (Å²) in [5, 5.41) is 0. The summed E-state index contributed by atoms with van der Waals surface area (Å²) in [7, 11) is 0. The highest BCUT2D eigenvalue weighted by Crippen LogP contribution is 2.18. The predicted octanol–water partition coefficient (Wildman–Crippen LogP) is 2.37. The Morgan fingerprint density at radius 1 is 1.25 bits per heavy atom. The number of alkyl halides is 2. The molecule has 0 fully saturated rings. The first-order chi connectivity index (χ1) is 5.59. The maximum absolute atomic E-state index is 12.5. The summed E-state index contributed by atoms with van der Waals surface area (Å²) >= 11 is 0. The smallest absolute Gasteiger partial charge is 0.387 e. The Morgan fingerprint density at radius 2 is 1.92 bits per heavy atom. The molecule has 0 bridgehead atoms. The SMILES string of the molecule is Fc1[c]c(F)c(OC(F)F)cc1. The third-order valence-electron chi connectivity index (χ3n) is 1.04. The quantitative estimate of drug-likeness (QED) is 0.633. The van der Waals surface area contributed by atoms with E-state index < -0.39 is 24.0 Å². The lowest BCUT2D eigenvalue weighted by atomic mass is 10.3. The minimum Gasteiger partial charge on any atom is -0.432 e. The molecule has 1 nitrogen and oxygen atoms in total. The minimum absolute atomic E-state index is 0.716. The highest BCUT2D eigenvalue weighted by atomic mass is 19.3. The first-order valence-corrected chi connectivity index (χ1v) is 2.91. The number of ether oxygens (including phenoxy) is 1. The van der Waals surface area contributed by atoms with E-state index in [1.807, 2.05) is 0 Å². The van der Waals surface area contributed by atoms with Crippen LogP contribution in [-0.4, -0.2) is 6.61 Å². The highest BCUT2D eigenvalue weighted by Gasteiger charge is 2.10. The Bertz CT molecular complexity index is 274. The van der Waals surface area contributed by atoms with E-state index in [4.69, 9.17) is 0 Å². The highest BCUT2D eigenvalue weighted by molar-refractivity contribution is 5.23. The average molecular weight is 179 g/mol. The molecule has 65 valence electrons. The molecule has 5 heteroatoms. The van der Waals surface area contributed by atoms with Gasteiger partial charge in [0.25, 0.3) is 0 Å². The molecule has 0 aliphatic carbocycles. The van der Waals surface area contributed by atoms with Crippen LogP contribution < -0.4 is 4.74 Å². The maximum atomic E-state index is 12.5. The summed E-state index contributed by atoms with van der Waals surface area (Å²) < 4.78 is 51.3. The van der Waals surface area contributed by atoms with Gasteiger partial charge in [0.15, 0.2) is 11.6 Å². The largest absolute Gasteiger partial charge is 0.432 e. The molecule has 0 N–H and O–H groups in total. The lowest BCUT2D eigenvalue weighted by Crippen LogP contribution is -2.03. The van der Waals surface area contributed by atoms with Gasteiger partial charge in [-0.1, -0.05) is 0 Å². The molecule has 0 amide bonds. The molecule has 1 aromatic rings. The molecule has 0 saturated carbocycles. The van der Waals surface area contributed by atoms with Crippen molar-refractivity contribution in [1.82, 2.24) is 0 Å². The van der Waals surface area contributed by atoms with Gasteiger partial charge in [0.2, 0.25) is 0 Å². The zero-order chi connectivity index (χ0) is 9.14. The van der Waals surface area contributed by atoms with E-state index in [0.29, 0.717) is 0 Å². The second-order valence-electron chi connectivity index (χ2n) is 1.86. The number of halogens is 4. The van der Waals surface area contributed by atoms with Gasteiger partial charge in [0.05, 0.1) is 6.07 Å². The van der Waals surface area contributed by atoms with Crippen molar-refractivity contribution in [3.05, 3.63) is 29.8 Å². The van der Waals surface area contributed by atoms with Crippen LogP contribution in [0.3, 0.4) is 0 Å². The van der Waals surface area contributed by atoms with E-state index in [1.165, 1.54) is 0 Å². The molecule has 12 heavy (non-hydrogen) atoms. The monoisotopic (exact) mass is 179 g/mol. The molecule has 0 saturated heterocycles. The number of hydrogen-bond acceptors (Lipinski definition) is 1. The molecular formula is C7H3F4O. The topological polar surface area (TPSA) is 9.23 Å². The number of rotatable bonds is 2. The lowest BCUT2D eigenvalue weighted by Gasteiger charge is -2.03. The Kier molecular flexibility index (Phi) is 2.52. The molecule has 1 aromatic carbocycles. The first-order valence-electron chi connectivity index (χ1n) is 2.91. The molecule has 0 spiro atoms. The zero-order valence-electron chi connectivity index (χ0n) is 5.65. The molecule has 0 aliphatic rings. The van der Waals surface area contributed by atoms with Gasteiger partial charge in [0, 0.05) is 0 Å². The minimum atomic E-state index is -3.13. The standard InChI is InChI=1S/C7H3F4O/c8-4-1-2-6(5(9)3-4)12-7(10)11/h1-2,7H. The fourth-order valence-electron chi connectivity index (χ4n) is 0.617. The molecule has 0 aliphatic heterocycles. The van der Waals surface area contributed by atoms with E-state index >= 15 is 0 Å². The van der Waals surface area contributed by atoms with Crippen LogP contribution in [0.4, 0.5) is 17.6 Å². The van der Waals surface area contributed by atoms with Gasteiger partial charge in [-0.15, -0.1) is 0 Å². The summed E-state index contributed by atoms with van der Waals surface area (Å²) in [5.74, 6) is -2.95. The number of hydrogen-bond donors (Lipinski definition) is 0. The molecule has 0 heterocycles. The molecular weight excluding hydrogens is 176 g/mol. The van der Waals surface area contributed by atoms with Gasteiger partial charge in [-0.05, 0) is 12.1 Å². The van der Waals surface area contributed by atoms with E-state index in [-0.39, 0.29) is 0 Å². The van der Waals surface area contributed by atoms with E-state index in [9.17, 15) is 17.6 Å². The Balaban J connectivity index is 2.86. The van der Waals surface area contributed by atoms with Gasteiger partial charge >= 0.3 is 6.61 Å². The average Bonchev–Trinajstić information content (AvgIpc) is 1.94. The van der Waals surface area contributed by atoms with Crippen molar-refractivity contribution in [2.24, 2.45) is 0 Å². The third kappa shape index (κ3) is 2.11. The van der Waals surface area contributed by atoms with Crippen LogP contribution in [0.5, 0.6) is 5.75 Å². The lowest BCUT2D eigenvalue weighted by molar-refractivity contribution is -0.0522. The van der Waals surface area contributed by atoms with Crippen LogP contribution in [0.1, 0.15) is 0 Å². The number of benzene rings is 1. The predicted molar refractivity (Wildman–Crippen MR) is 31.8 cm³/mol. The van der Waals surface area contributed by atoms with Crippen molar-refractivity contribution in [1.29, 1.82) is 0 Å². The van der Waals surface area contributed by atoms with Gasteiger partial charge < -0.3 is 4.74 Å². The normalized spacial score (nSPS) is 10.4. The van der Waals surface area contributed by atoms with Crippen molar-refractivity contribution in [3.8, 4) is 5.75 Å². The van der Waals surface area contributed by atoms with Crippen LogP contribution in [0, 0.1) is 17.7 Å². The van der Waals surface area contributed by atoms with Gasteiger partial charge in [0.1, 0.15) is 5.82 Å². The van der Waals surface area contributed by atoms with E-state index in [2.05, 4.69) is 4.74 Å². The van der Waals surface area contributed by atoms with Crippen LogP contribution in [0.2, 0.25) is 0 Å². The molecule has 0 atom stereocenters. The second kappa shape index (κ2) is 3.42. The molecule has 0 aromatic heterocycles. The molecule has 0 unspecified atom stereocenters. The van der Waals surface area contributed by atoms with Crippen molar-refractivity contribution >= 4 is 0 Å². The van der Waals surface area contributed by atoms with Crippen molar-refractivity contribution < 1.29 is 22.3 Å². The van der Waals surface area contributed by atoms with Gasteiger partial charge in [-0.2, -0.15) is 8.78 Å². The third-order valence-corrected chi connectivity index (χ3v) is 1.04. The van der Waals surface area contributed by atoms with E-state index in [0.717, 1.165) is 12.1 Å². The van der Waals surface area contributed by atoms with Crippen molar-refractivity contribution in [2.45, 2.75) is 6.61 Å².